The van der Waals surface area contributed by atoms with Crippen molar-refractivity contribution in [2.75, 3.05) is 12.4 Å². The molecule has 0 atom stereocenters. The van der Waals surface area contributed by atoms with Crippen LogP contribution in [0, 0.1) is 0 Å². The minimum atomic E-state index is -0.772. The van der Waals surface area contributed by atoms with Crippen LogP contribution in [0.4, 0.5) is 11.4 Å². The van der Waals surface area contributed by atoms with Gasteiger partial charge in [0.05, 0.1) is 34.2 Å². The molecule has 0 radical (unpaired) electrons. The Bertz CT molecular complexity index is 890. The Kier molecular flexibility index (Phi) is 4.29. The number of carbonyl (C=O) groups is 3. The second-order valence-electron chi connectivity index (χ2n) is 6.06. The lowest BCUT2D eigenvalue weighted by molar-refractivity contribution is -0.120. The Morgan fingerprint density at radius 1 is 1.12 bits per heavy atom. The van der Waals surface area contributed by atoms with E-state index in [0.29, 0.717) is 35.5 Å². The first-order valence-electron chi connectivity index (χ1n) is 7.93. The van der Waals surface area contributed by atoms with Gasteiger partial charge >= 0.3 is 0 Å². The normalized spacial score (nSPS) is 14.3. The summed E-state index contributed by atoms with van der Waals surface area (Å²) < 4.78 is 0. The van der Waals surface area contributed by atoms with Crippen molar-refractivity contribution < 1.29 is 14.4 Å². The number of anilines is 2. The predicted octanol–water partition coefficient (Wildman–Crippen LogP) is 0.196. The van der Waals surface area contributed by atoms with Gasteiger partial charge in [-0.25, -0.2) is 4.98 Å². The molecule has 9 heteroatoms. The number of carbonyl (C=O) groups excluding carboxylic acids is 3. The summed E-state index contributed by atoms with van der Waals surface area (Å²) in [5, 5.41) is 5.61. The molecule has 6 N–H and O–H groups in total. The van der Waals surface area contributed by atoms with E-state index in [2.05, 4.69) is 20.6 Å². The van der Waals surface area contributed by atoms with Gasteiger partial charge in [0.15, 0.2) is 0 Å². The smallest absolute Gasteiger partial charge is 0.267 e. The lowest BCUT2D eigenvalue weighted by Crippen LogP contribution is -2.29. The number of primary amides is 2. The molecule has 1 saturated carbocycles. The second-order valence-corrected chi connectivity index (χ2v) is 6.06. The third-order valence-electron chi connectivity index (χ3n) is 4.38. The first-order chi connectivity index (χ1) is 12.4. The van der Waals surface area contributed by atoms with Crippen molar-refractivity contribution in [2.24, 2.45) is 11.5 Å². The van der Waals surface area contributed by atoms with E-state index in [4.69, 9.17) is 11.5 Å². The molecule has 0 aromatic carbocycles. The number of nitrogens with one attached hydrogen (secondary N) is 2. The monoisotopic (exact) mass is 354 g/mol. The highest BCUT2D eigenvalue weighted by atomic mass is 16.2. The molecule has 2 aromatic rings. The lowest BCUT2D eigenvalue weighted by Gasteiger charge is -2.16. The Hall–Kier alpha value is -3.49. The number of hydrogen-bond acceptors (Lipinski definition) is 6. The van der Waals surface area contributed by atoms with E-state index >= 15 is 0 Å². The van der Waals surface area contributed by atoms with Gasteiger partial charge in [-0.05, 0) is 31.0 Å². The highest BCUT2D eigenvalue weighted by Crippen LogP contribution is 2.47. The fourth-order valence-electron chi connectivity index (χ4n) is 2.66. The van der Waals surface area contributed by atoms with Crippen molar-refractivity contribution >= 4 is 29.1 Å². The molecule has 26 heavy (non-hydrogen) atoms. The topological polar surface area (TPSA) is 153 Å². The molecule has 2 aromatic heterocycles. The van der Waals surface area contributed by atoms with E-state index in [1.54, 1.807) is 12.1 Å². The van der Waals surface area contributed by atoms with Crippen LogP contribution in [0.2, 0.25) is 0 Å². The van der Waals surface area contributed by atoms with E-state index in [9.17, 15) is 14.4 Å². The van der Waals surface area contributed by atoms with Crippen LogP contribution in [0.1, 0.15) is 39.4 Å². The highest BCUT2D eigenvalue weighted by Gasteiger charge is 2.51. The molecule has 9 nitrogen and oxygen atoms in total. The molecular weight excluding hydrogens is 336 g/mol. The van der Waals surface area contributed by atoms with Crippen molar-refractivity contribution in [1.29, 1.82) is 0 Å². The van der Waals surface area contributed by atoms with E-state index in [-0.39, 0.29) is 11.6 Å². The van der Waals surface area contributed by atoms with E-state index in [1.165, 1.54) is 25.5 Å². The number of amides is 3. The second kappa shape index (κ2) is 6.43. The number of aromatic nitrogens is 2. The highest BCUT2D eigenvalue weighted by molar-refractivity contribution is 6.00. The molecule has 1 aliphatic carbocycles. The standard InChI is InChI=1S/C17H18N6O3/c1-20-15(25)10-8-22-13(17(4-5-17)16(19)26)6-12(10)23-9-2-3-11(14(18)24)21-7-9/h2-3,6-8H,4-5H2,1H3,(H2,18,24)(H2,19,26)(H,20,25)(H,22,23). The van der Waals surface area contributed by atoms with Crippen molar-refractivity contribution in [3.63, 3.8) is 0 Å². The number of rotatable bonds is 6. The van der Waals surface area contributed by atoms with Gasteiger partial charge in [-0.1, -0.05) is 0 Å². The van der Waals surface area contributed by atoms with Crippen LogP contribution in [0.15, 0.2) is 30.6 Å². The van der Waals surface area contributed by atoms with Crippen molar-refractivity contribution in [3.05, 3.63) is 47.5 Å². The summed E-state index contributed by atoms with van der Waals surface area (Å²) >= 11 is 0. The van der Waals surface area contributed by atoms with Crippen molar-refractivity contribution in [2.45, 2.75) is 18.3 Å². The van der Waals surface area contributed by atoms with Crippen molar-refractivity contribution in [1.82, 2.24) is 15.3 Å². The minimum Gasteiger partial charge on any atom is -0.369 e. The maximum atomic E-state index is 12.1. The number of nitrogens with zero attached hydrogens (tertiary/aromatic N) is 2. The zero-order chi connectivity index (χ0) is 18.9. The third-order valence-corrected chi connectivity index (χ3v) is 4.38. The predicted molar refractivity (Wildman–Crippen MR) is 93.8 cm³/mol. The zero-order valence-corrected chi connectivity index (χ0v) is 14.1. The molecular formula is C17H18N6O3. The maximum Gasteiger partial charge on any atom is 0.267 e. The van der Waals surface area contributed by atoms with Gasteiger partial charge in [0, 0.05) is 13.2 Å². The molecule has 3 amide bonds. The molecule has 0 saturated heterocycles. The molecule has 0 aliphatic heterocycles. The van der Waals surface area contributed by atoms with Gasteiger partial charge in [-0.15, -0.1) is 0 Å². The number of hydrogen-bond donors (Lipinski definition) is 4. The average Bonchev–Trinajstić information content (AvgIpc) is 3.43. The van der Waals surface area contributed by atoms with Crippen LogP contribution >= 0.6 is 0 Å². The van der Waals surface area contributed by atoms with Gasteiger partial charge in [-0.2, -0.15) is 0 Å². The number of pyridine rings is 2. The fourth-order valence-corrected chi connectivity index (χ4v) is 2.66. The van der Waals surface area contributed by atoms with Gasteiger partial charge in [0.25, 0.3) is 11.8 Å². The molecule has 0 unspecified atom stereocenters. The Morgan fingerprint density at radius 2 is 1.85 bits per heavy atom. The van der Waals surface area contributed by atoms with E-state index in [0.717, 1.165) is 0 Å². The summed E-state index contributed by atoms with van der Waals surface area (Å²) in [5.41, 5.74) is 11.8. The summed E-state index contributed by atoms with van der Waals surface area (Å²) in [6, 6.07) is 4.73. The maximum absolute atomic E-state index is 12.1. The molecule has 134 valence electrons. The van der Waals surface area contributed by atoms with Gasteiger partial charge in [0.1, 0.15) is 5.69 Å². The van der Waals surface area contributed by atoms with Crippen LogP contribution in [0.25, 0.3) is 0 Å². The summed E-state index contributed by atoms with van der Waals surface area (Å²) in [6.07, 6.45) is 4.09. The molecule has 2 heterocycles. The largest absolute Gasteiger partial charge is 0.369 e. The van der Waals surface area contributed by atoms with Gasteiger partial charge in [-0.3, -0.25) is 19.4 Å². The molecule has 0 spiro atoms. The first kappa shape index (κ1) is 17.3. The van der Waals surface area contributed by atoms with E-state index < -0.39 is 17.2 Å². The summed E-state index contributed by atoms with van der Waals surface area (Å²) in [7, 11) is 1.51. The Balaban J connectivity index is 1.98. The van der Waals surface area contributed by atoms with Crippen LogP contribution in [0.3, 0.4) is 0 Å². The average molecular weight is 354 g/mol. The quantitative estimate of drug-likeness (QED) is 0.581. The van der Waals surface area contributed by atoms with Crippen LogP contribution in [-0.4, -0.2) is 34.7 Å². The first-order valence-corrected chi connectivity index (χ1v) is 7.93. The van der Waals surface area contributed by atoms with E-state index in [1.807, 2.05) is 0 Å². The minimum absolute atomic E-state index is 0.128. The molecule has 1 fully saturated rings. The Labute approximate surface area is 149 Å². The molecule has 0 bridgehead atoms. The third kappa shape index (κ3) is 3.06. The molecule has 3 rings (SSSR count). The van der Waals surface area contributed by atoms with Gasteiger partial charge < -0.3 is 22.1 Å². The fraction of sp³-hybridized carbons (Fsp3) is 0.235. The summed E-state index contributed by atoms with van der Waals surface area (Å²) in [6.45, 7) is 0. The summed E-state index contributed by atoms with van der Waals surface area (Å²) in [4.78, 5) is 43.2. The van der Waals surface area contributed by atoms with Crippen LogP contribution in [0.5, 0.6) is 0 Å². The summed E-state index contributed by atoms with van der Waals surface area (Å²) in [5.74, 6) is -1.40. The Morgan fingerprint density at radius 3 is 2.35 bits per heavy atom. The lowest BCUT2D eigenvalue weighted by atomic mass is 9.99. The number of nitrogens with two attached hydrogens (primary N) is 2. The van der Waals surface area contributed by atoms with Gasteiger partial charge in [0.2, 0.25) is 5.91 Å². The van der Waals surface area contributed by atoms with Crippen molar-refractivity contribution in [3.8, 4) is 0 Å². The molecule has 1 aliphatic rings. The SMILES string of the molecule is CNC(=O)c1cnc(C2(C(N)=O)CC2)cc1Nc1ccc(C(N)=O)nc1. The zero-order valence-electron chi connectivity index (χ0n) is 14.1. The van der Waals surface area contributed by atoms with Crippen LogP contribution in [-0.2, 0) is 10.2 Å². The van der Waals surface area contributed by atoms with Crippen LogP contribution < -0.4 is 22.1 Å².